The molecule has 0 aliphatic heterocycles. The van der Waals surface area contributed by atoms with Crippen molar-refractivity contribution in [3.8, 4) is 0 Å². The molecular formula is C16H25NO. The van der Waals surface area contributed by atoms with E-state index in [0.29, 0.717) is 6.54 Å². The molecule has 1 aromatic carbocycles. The summed E-state index contributed by atoms with van der Waals surface area (Å²) in [5.41, 5.74) is 6.91. The Morgan fingerprint density at radius 1 is 1.28 bits per heavy atom. The van der Waals surface area contributed by atoms with Gasteiger partial charge in [0.25, 0.3) is 0 Å². The minimum absolute atomic E-state index is 0.104. The predicted molar refractivity (Wildman–Crippen MR) is 75.1 cm³/mol. The molecule has 0 radical (unpaired) electrons. The fourth-order valence-corrected chi connectivity index (χ4v) is 3.24. The third-order valence-corrected chi connectivity index (χ3v) is 4.78. The summed E-state index contributed by atoms with van der Waals surface area (Å²) in [6, 6.07) is 9.97. The average molecular weight is 247 g/mol. The Balaban J connectivity index is 2.13. The van der Waals surface area contributed by atoms with Crippen molar-refractivity contribution in [2.45, 2.75) is 45.1 Å². The molecule has 0 heterocycles. The van der Waals surface area contributed by atoms with Gasteiger partial charge in [0.15, 0.2) is 0 Å². The summed E-state index contributed by atoms with van der Waals surface area (Å²) >= 11 is 0. The van der Waals surface area contributed by atoms with E-state index in [0.717, 1.165) is 24.3 Å². The Bertz CT molecular complexity index is 355. The van der Waals surface area contributed by atoms with E-state index in [1.165, 1.54) is 19.3 Å². The highest BCUT2D eigenvalue weighted by Gasteiger charge is 2.40. The van der Waals surface area contributed by atoms with Crippen LogP contribution in [0.15, 0.2) is 30.3 Å². The summed E-state index contributed by atoms with van der Waals surface area (Å²) < 4.78 is 0. The molecule has 1 unspecified atom stereocenters. The fraction of sp³-hybridized carbons (Fsp3) is 0.625. The molecule has 0 amide bonds. The Kier molecular flexibility index (Phi) is 4.41. The summed E-state index contributed by atoms with van der Waals surface area (Å²) in [6.45, 7) is 2.84. The molecule has 3 N–H and O–H groups in total. The number of aliphatic hydroxyl groups is 1. The molecule has 0 bridgehead atoms. The van der Waals surface area contributed by atoms with Crippen LogP contribution < -0.4 is 5.73 Å². The van der Waals surface area contributed by atoms with Gasteiger partial charge in [-0.05, 0) is 37.2 Å². The van der Waals surface area contributed by atoms with Crippen LogP contribution in [0.25, 0.3) is 0 Å². The molecule has 0 saturated heterocycles. The molecule has 18 heavy (non-hydrogen) atoms. The topological polar surface area (TPSA) is 46.2 Å². The van der Waals surface area contributed by atoms with Crippen molar-refractivity contribution in [2.75, 3.05) is 6.54 Å². The van der Waals surface area contributed by atoms with Gasteiger partial charge >= 0.3 is 0 Å². The van der Waals surface area contributed by atoms with Crippen LogP contribution in [0, 0.1) is 11.3 Å². The highest BCUT2D eigenvalue weighted by atomic mass is 16.3. The van der Waals surface area contributed by atoms with E-state index in [2.05, 4.69) is 6.92 Å². The molecule has 1 aliphatic carbocycles. The second-order valence-electron chi connectivity index (χ2n) is 5.73. The van der Waals surface area contributed by atoms with E-state index in [1.54, 1.807) is 0 Å². The van der Waals surface area contributed by atoms with Gasteiger partial charge in [-0.1, -0.05) is 43.7 Å². The number of hydrogen-bond acceptors (Lipinski definition) is 2. The van der Waals surface area contributed by atoms with Crippen LogP contribution >= 0.6 is 0 Å². The molecule has 2 nitrogen and oxygen atoms in total. The minimum Gasteiger partial charge on any atom is -0.388 e. The van der Waals surface area contributed by atoms with Gasteiger partial charge in [0.05, 0.1) is 6.10 Å². The molecule has 2 rings (SSSR count). The molecule has 2 heteroatoms. The Labute approximate surface area is 110 Å². The first-order valence-corrected chi connectivity index (χ1v) is 7.15. The summed E-state index contributed by atoms with van der Waals surface area (Å²) in [4.78, 5) is 0. The van der Waals surface area contributed by atoms with Gasteiger partial charge in [0, 0.05) is 12.0 Å². The first-order chi connectivity index (χ1) is 8.72. The lowest BCUT2D eigenvalue weighted by atomic mass is 9.65. The number of nitrogens with two attached hydrogens (primary N) is 1. The van der Waals surface area contributed by atoms with Gasteiger partial charge in [-0.3, -0.25) is 0 Å². The van der Waals surface area contributed by atoms with Crippen LogP contribution in [0.5, 0.6) is 0 Å². The lowest BCUT2D eigenvalue weighted by Crippen LogP contribution is -2.40. The fourth-order valence-electron chi connectivity index (χ4n) is 3.24. The van der Waals surface area contributed by atoms with Gasteiger partial charge in [0.2, 0.25) is 0 Å². The van der Waals surface area contributed by atoms with E-state index in [-0.39, 0.29) is 5.41 Å². The van der Waals surface area contributed by atoms with Crippen molar-refractivity contribution in [1.29, 1.82) is 0 Å². The van der Waals surface area contributed by atoms with Crippen molar-refractivity contribution in [1.82, 2.24) is 0 Å². The molecule has 0 aromatic heterocycles. The molecule has 1 aliphatic rings. The summed E-state index contributed by atoms with van der Waals surface area (Å²) in [6.07, 6.45) is 5.36. The van der Waals surface area contributed by atoms with Crippen molar-refractivity contribution in [3.63, 3.8) is 0 Å². The van der Waals surface area contributed by atoms with Gasteiger partial charge < -0.3 is 10.8 Å². The SMILES string of the molecule is CCC1CCC(CN)(C(O)c2ccccc2)CC1. The predicted octanol–water partition coefficient (Wildman–Crippen LogP) is 3.27. The lowest BCUT2D eigenvalue weighted by Gasteiger charge is -2.43. The Morgan fingerprint density at radius 2 is 1.89 bits per heavy atom. The van der Waals surface area contributed by atoms with E-state index in [4.69, 9.17) is 5.73 Å². The first-order valence-electron chi connectivity index (χ1n) is 7.15. The normalized spacial score (nSPS) is 30.1. The molecule has 1 aromatic rings. The van der Waals surface area contributed by atoms with Gasteiger partial charge in [-0.2, -0.15) is 0 Å². The molecule has 1 fully saturated rings. The average Bonchev–Trinajstić information content (AvgIpc) is 2.47. The minimum atomic E-state index is -0.415. The van der Waals surface area contributed by atoms with Crippen LogP contribution in [0.2, 0.25) is 0 Å². The maximum absolute atomic E-state index is 10.7. The van der Waals surface area contributed by atoms with Gasteiger partial charge in [0.1, 0.15) is 0 Å². The van der Waals surface area contributed by atoms with Crippen LogP contribution in [0.1, 0.15) is 50.7 Å². The zero-order chi connectivity index (χ0) is 13.0. The van der Waals surface area contributed by atoms with E-state index in [1.807, 2.05) is 30.3 Å². The maximum Gasteiger partial charge on any atom is 0.0858 e. The van der Waals surface area contributed by atoms with Crippen molar-refractivity contribution in [3.05, 3.63) is 35.9 Å². The maximum atomic E-state index is 10.7. The molecule has 0 spiro atoms. The van der Waals surface area contributed by atoms with Crippen LogP contribution in [0.3, 0.4) is 0 Å². The molecular weight excluding hydrogens is 222 g/mol. The highest BCUT2D eigenvalue weighted by Crippen LogP contribution is 2.47. The van der Waals surface area contributed by atoms with Gasteiger partial charge in [-0.25, -0.2) is 0 Å². The second-order valence-corrected chi connectivity index (χ2v) is 5.73. The van der Waals surface area contributed by atoms with E-state index >= 15 is 0 Å². The zero-order valence-corrected chi connectivity index (χ0v) is 11.3. The third-order valence-electron chi connectivity index (χ3n) is 4.78. The smallest absolute Gasteiger partial charge is 0.0858 e. The van der Waals surface area contributed by atoms with Crippen LogP contribution in [0.4, 0.5) is 0 Å². The Hall–Kier alpha value is -0.860. The molecule has 1 saturated carbocycles. The number of aliphatic hydroxyl groups excluding tert-OH is 1. The second kappa shape index (κ2) is 5.85. The third kappa shape index (κ3) is 2.60. The van der Waals surface area contributed by atoms with Crippen LogP contribution in [-0.2, 0) is 0 Å². The summed E-state index contributed by atoms with van der Waals surface area (Å²) in [5, 5.41) is 10.7. The quantitative estimate of drug-likeness (QED) is 0.857. The molecule has 100 valence electrons. The zero-order valence-electron chi connectivity index (χ0n) is 11.3. The highest BCUT2D eigenvalue weighted by molar-refractivity contribution is 5.20. The van der Waals surface area contributed by atoms with Crippen molar-refractivity contribution < 1.29 is 5.11 Å². The summed E-state index contributed by atoms with van der Waals surface area (Å²) in [7, 11) is 0. The monoisotopic (exact) mass is 247 g/mol. The summed E-state index contributed by atoms with van der Waals surface area (Å²) in [5.74, 6) is 0.827. The number of benzene rings is 1. The van der Waals surface area contributed by atoms with Crippen molar-refractivity contribution in [2.24, 2.45) is 17.1 Å². The number of rotatable bonds is 4. The lowest BCUT2D eigenvalue weighted by molar-refractivity contribution is -0.0103. The Morgan fingerprint density at radius 3 is 2.39 bits per heavy atom. The molecule has 1 atom stereocenters. The van der Waals surface area contributed by atoms with Crippen LogP contribution in [-0.4, -0.2) is 11.7 Å². The number of hydrogen-bond donors (Lipinski definition) is 2. The van der Waals surface area contributed by atoms with Gasteiger partial charge in [-0.15, -0.1) is 0 Å². The van der Waals surface area contributed by atoms with E-state index < -0.39 is 6.10 Å². The standard InChI is InChI=1S/C16H25NO/c1-2-13-8-10-16(12-17,11-9-13)15(18)14-6-4-3-5-7-14/h3-7,13,15,18H,2,8-12,17H2,1H3. The largest absolute Gasteiger partial charge is 0.388 e. The first kappa shape index (κ1) is 13.6. The van der Waals surface area contributed by atoms with E-state index in [9.17, 15) is 5.11 Å². The van der Waals surface area contributed by atoms with Crippen molar-refractivity contribution >= 4 is 0 Å².